The molecule has 2 heterocycles. The van der Waals surface area contributed by atoms with Gasteiger partial charge in [0.1, 0.15) is 5.75 Å². The average molecular weight is 366 g/mol. The summed E-state index contributed by atoms with van der Waals surface area (Å²) < 4.78 is 5.06. The number of likely N-dealkylation sites (N-methyl/N-ethyl adjacent to an activating group) is 2. The van der Waals surface area contributed by atoms with Gasteiger partial charge < -0.3 is 19.3 Å². The quantitative estimate of drug-likeness (QED) is 0.849. The van der Waals surface area contributed by atoms with E-state index < -0.39 is 0 Å². The summed E-state index contributed by atoms with van der Waals surface area (Å²) in [5, 5.41) is 10.1. The van der Waals surface area contributed by atoms with E-state index in [2.05, 4.69) is 18.9 Å². The maximum atomic E-state index is 12.9. The Labute approximate surface area is 159 Å². The molecule has 1 aromatic carbocycles. The molecule has 3 atom stereocenters. The molecule has 1 aliphatic carbocycles. The molecule has 1 aromatic heterocycles. The first-order chi connectivity index (χ1) is 12.9. The minimum atomic E-state index is -0.183. The van der Waals surface area contributed by atoms with Crippen LogP contribution in [0.3, 0.4) is 0 Å². The third-order valence-electron chi connectivity index (χ3n) is 6.43. The van der Waals surface area contributed by atoms with E-state index in [0.717, 1.165) is 24.9 Å². The molecule has 2 aromatic rings. The number of rotatable bonds is 3. The fraction of sp³-hybridized carbons (Fsp3) is 0.409. The number of carbonyl (C=O) groups excluding carboxylic acids is 1. The van der Waals surface area contributed by atoms with E-state index in [0.29, 0.717) is 5.75 Å². The van der Waals surface area contributed by atoms with Gasteiger partial charge in [0.05, 0.1) is 18.6 Å². The van der Waals surface area contributed by atoms with Crippen LogP contribution in [0.15, 0.2) is 47.3 Å². The lowest BCUT2D eigenvalue weighted by Gasteiger charge is -2.57. The van der Waals surface area contributed by atoms with Crippen LogP contribution in [0.5, 0.6) is 5.75 Å². The van der Waals surface area contributed by atoms with Crippen LogP contribution < -0.4 is 0 Å². The van der Waals surface area contributed by atoms with Crippen molar-refractivity contribution in [2.45, 2.75) is 37.3 Å². The van der Waals surface area contributed by atoms with Crippen molar-refractivity contribution in [1.82, 2.24) is 9.80 Å². The van der Waals surface area contributed by atoms with Gasteiger partial charge in [0, 0.05) is 30.1 Å². The maximum Gasteiger partial charge on any atom is 0.246 e. The summed E-state index contributed by atoms with van der Waals surface area (Å²) in [4.78, 5) is 17.2. The van der Waals surface area contributed by atoms with Gasteiger partial charge in [-0.05, 0) is 61.8 Å². The Morgan fingerprint density at radius 2 is 2.22 bits per heavy atom. The molecule has 27 heavy (non-hydrogen) atoms. The molecule has 142 valence electrons. The second kappa shape index (κ2) is 6.57. The average Bonchev–Trinajstić information content (AvgIpc) is 3.17. The van der Waals surface area contributed by atoms with Crippen LogP contribution in [0.25, 0.3) is 6.08 Å². The highest BCUT2D eigenvalue weighted by Gasteiger charge is 2.52. The largest absolute Gasteiger partial charge is 0.508 e. The highest BCUT2D eigenvalue weighted by molar-refractivity contribution is 5.92. The molecule has 1 fully saturated rings. The van der Waals surface area contributed by atoms with Crippen molar-refractivity contribution in [3.63, 3.8) is 0 Å². The van der Waals surface area contributed by atoms with E-state index in [1.54, 1.807) is 30.7 Å². The van der Waals surface area contributed by atoms with Crippen molar-refractivity contribution in [1.29, 1.82) is 0 Å². The van der Waals surface area contributed by atoms with E-state index in [-0.39, 0.29) is 23.4 Å². The van der Waals surface area contributed by atoms with E-state index in [4.69, 9.17) is 4.42 Å². The first kappa shape index (κ1) is 17.9. The van der Waals surface area contributed by atoms with Gasteiger partial charge in [-0.25, -0.2) is 0 Å². The number of aromatic hydroxyl groups is 1. The van der Waals surface area contributed by atoms with Crippen molar-refractivity contribution in [3.05, 3.63) is 59.6 Å². The number of benzene rings is 1. The SMILES string of the molecule is CN1CC[C@@]2(C)c3cc(O)ccc3C[C@@H]1[C@H]2N(C)C(=O)/C=C/c1ccoc1. The van der Waals surface area contributed by atoms with Crippen LogP contribution in [0.1, 0.15) is 30.0 Å². The maximum absolute atomic E-state index is 12.9. The number of hydrogen-bond acceptors (Lipinski definition) is 4. The van der Waals surface area contributed by atoms with Gasteiger partial charge in [-0.3, -0.25) is 4.79 Å². The number of likely N-dealkylation sites (tertiary alicyclic amines) is 1. The zero-order valence-electron chi connectivity index (χ0n) is 16.1. The standard InChI is InChI=1S/C22H26N2O3/c1-22-9-10-23(2)19(12-16-5-6-17(25)13-18(16)22)21(22)24(3)20(26)7-4-15-8-11-27-14-15/h4-8,11,13-14,19,21,25H,9-10,12H2,1-3H3/b7-4+/t19-,21-,22+/m1/s1. The fourth-order valence-corrected chi connectivity index (χ4v) is 4.93. The number of furan rings is 1. The predicted octanol–water partition coefficient (Wildman–Crippen LogP) is 3.04. The molecule has 1 N–H and O–H groups in total. The van der Waals surface area contributed by atoms with Gasteiger partial charge in [0.2, 0.25) is 5.91 Å². The second-order valence-electron chi connectivity index (χ2n) is 8.04. The molecule has 0 spiro atoms. The van der Waals surface area contributed by atoms with Crippen molar-refractivity contribution in [3.8, 4) is 5.75 Å². The van der Waals surface area contributed by atoms with Crippen molar-refractivity contribution >= 4 is 12.0 Å². The van der Waals surface area contributed by atoms with Crippen LogP contribution >= 0.6 is 0 Å². The Morgan fingerprint density at radius 3 is 2.96 bits per heavy atom. The summed E-state index contributed by atoms with van der Waals surface area (Å²) in [6.45, 7) is 3.22. The summed E-state index contributed by atoms with van der Waals surface area (Å²) in [6.07, 6.45) is 8.44. The van der Waals surface area contributed by atoms with Crippen molar-refractivity contribution in [2.24, 2.45) is 0 Å². The van der Waals surface area contributed by atoms with E-state index >= 15 is 0 Å². The third kappa shape index (κ3) is 2.96. The molecule has 0 saturated carbocycles. The van der Waals surface area contributed by atoms with Gasteiger partial charge in [-0.1, -0.05) is 13.0 Å². The van der Waals surface area contributed by atoms with Crippen LogP contribution in [-0.4, -0.2) is 53.5 Å². The summed E-state index contributed by atoms with van der Waals surface area (Å²) in [5.74, 6) is 0.274. The van der Waals surface area contributed by atoms with Gasteiger partial charge in [0.15, 0.2) is 0 Å². The molecule has 0 unspecified atom stereocenters. The summed E-state index contributed by atoms with van der Waals surface area (Å²) in [7, 11) is 4.03. The van der Waals surface area contributed by atoms with E-state index in [1.807, 2.05) is 30.1 Å². The van der Waals surface area contributed by atoms with Crippen LogP contribution in [0.2, 0.25) is 0 Å². The number of piperidine rings is 1. The Morgan fingerprint density at radius 1 is 1.41 bits per heavy atom. The van der Waals surface area contributed by atoms with Gasteiger partial charge in [-0.15, -0.1) is 0 Å². The molecule has 1 saturated heterocycles. The van der Waals surface area contributed by atoms with Crippen LogP contribution in [0, 0.1) is 0 Å². The monoisotopic (exact) mass is 366 g/mol. The molecule has 2 bridgehead atoms. The topological polar surface area (TPSA) is 56.9 Å². The Balaban J connectivity index is 1.69. The Hall–Kier alpha value is -2.53. The predicted molar refractivity (Wildman–Crippen MR) is 104 cm³/mol. The molecule has 0 radical (unpaired) electrons. The lowest BCUT2D eigenvalue weighted by molar-refractivity contribution is -0.132. The summed E-state index contributed by atoms with van der Waals surface area (Å²) in [6, 6.07) is 7.83. The molecule has 1 aliphatic heterocycles. The number of amides is 1. The first-order valence-electron chi connectivity index (χ1n) is 9.40. The number of fused-ring (bicyclic) bond motifs is 4. The van der Waals surface area contributed by atoms with Crippen LogP contribution in [-0.2, 0) is 16.6 Å². The number of carbonyl (C=O) groups is 1. The van der Waals surface area contributed by atoms with Crippen molar-refractivity contribution < 1.29 is 14.3 Å². The third-order valence-corrected chi connectivity index (χ3v) is 6.43. The summed E-state index contributed by atoms with van der Waals surface area (Å²) >= 11 is 0. The molecule has 4 rings (SSSR count). The lowest BCUT2D eigenvalue weighted by atomic mass is 9.61. The minimum absolute atomic E-state index is 0.0173. The molecule has 5 heteroatoms. The highest BCUT2D eigenvalue weighted by atomic mass is 16.3. The van der Waals surface area contributed by atoms with Gasteiger partial charge in [0.25, 0.3) is 0 Å². The summed E-state index contributed by atoms with van der Waals surface area (Å²) in [5.41, 5.74) is 3.14. The van der Waals surface area contributed by atoms with E-state index in [9.17, 15) is 9.90 Å². The van der Waals surface area contributed by atoms with E-state index in [1.165, 1.54) is 11.1 Å². The zero-order chi connectivity index (χ0) is 19.2. The van der Waals surface area contributed by atoms with Crippen molar-refractivity contribution in [2.75, 3.05) is 20.6 Å². The number of nitrogens with zero attached hydrogens (tertiary/aromatic N) is 2. The smallest absolute Gasteiger partial charge is 0.246 e. The van der Waals surface area contributed by atoms with Gasteiger partial charge in [-0.2, -0.15) is 0 Å². The highest BCUT2D eigenvalue weighted by Crippen LogP contribution is 2.47. The number of phenols is 1. The molecular weight excluding hydrogens is 340 g/mol. The zero-order valence-corrected chi connectivity index (χ0v) is 16.1. The second-order valence-corrected chi connectivity index (χ2v) is 8.04. The number of hydrogen-bond donors (Lipinski definition) is 1. The van der Waals surface area contributed by atoms with Gasteiger partial charge >= 0.3 is 0 Å². The minimum Gasteiger partial charge on any atom is -0.508 e. The Bertz CT molecular complexity index is 874. The molecule has 1 amide bonds. The molecule has 2 aliphatic rings. The molecular formula is C22H26N2O3. The number of phenolic OH excluding ortho intramolecular Hbond substituents is 1. The van der Waals surface area contributed by atoms with Crippen LogP contribution in [0.4, 0.5) is 0 Å². The normalized spacial score (nSPS) is 27.5. The Kier molecular flexibility index (Phi) is 4.35. The lowest BCUT2D eigenvalue weighted by Crippen LogP contribution is -2.67. The molecule has 5 nitrogen and oxygen atoms in total. The first-order valence-corrected chi connectivity index (χ1v) is 9.40. The fourth-order valence-electron chi connectivity index (χ4n) is 4.93.